The summed E-state index contributed by atoms with van der Waals surface area (Å²) in [6, 6.07) is 6.55. The Hall–Kier alpha value is -1.48. The summed E-state index contributed by atoms with van der Waals surface area (Å²) in [5.74, 6) is -0.00909. The fourth-order valence-corrected chi connectivity index (χ4v) is 3.66. The highest BCUT2D eigenvalue weighted by atomic mass is 32.2. The highest BCUT2D eigenvalue weighted by Crippen LogP contribution is 2.14. The molecule has 7 nitrogen and oxygen atoms in total. The summed E-state index contributed by atoms with van der Waals surface area (Å²) in [5, 5.41) is 5.82. The molecule has 1 aromatic carbocycles. The van der Waals surface area contributed by atoms with E-state index in [1.807, 2.05) is 7.05 Å². The van der Waals surface area contributed by atoms with Gasteiger partial charge in [-0.25, -0.2) is 13.1 Å². The van der Waals surface area contributed by atoms with Gasteiger partial charge in [0.25, 0.3) is 0 Å². The Kier molecular flexibility index (Phi) is 7.83. The number of carbonyl (C=O) groups is 1. The van der Waals surface area contributed by atoms with E-state index in [0.717, 1.165) is 31.4 Å². The van der Waals surface area contributed by atoms with Gasteiger partial charge in [-0.2, -0.15) is 0 Å². The van der Waals surface area contributed by atoms with Gasteiger partial charge < -0.3 is 15.4 Å². The Morgan fingerprint density at radius 1 is 1.28 bits per heavy atom. The van der Waals surface area contributed by atoms with Gasteiger partial charge in [0.1, 0.15) is 0 Å². The van der Waals surface area contributed by atoms with Crippen molar-refractivity contribution in [2.45, 2.75) is 43.2 Å². The number of ether oxygens (including phenoxy) is 1. The predicted octanol–water partition coefficient (Wildman–Crippen LogP) is 0.760. The fraction of sp³-hybridized carbons (Fsp3) is 0.588. The highest BCUT2D eigenvalue weighted by Gasteiger charge is 2.20. The van der Waals surface area contributed by atoms with Crippen LogP contribution in [0.3, 0.4) is 0 Å². The smallest absolute Gasteiger partial charge is 0.240 e. The molecule has 1 atom stereocenters. The largest absolute Gasteiger partial charge is 0.377 e. The number of hydrogen-bond donors (Lipinski definition) is 3. The second-order valence-corrected chi connectivity index (χ2v) is 7.88. The Labute approximate surface area is 149 Å². The maximum Gasteiger partial charge on any atom is 0.240 e. The zero-order valence-electron chi connectivity index (χ0n) is 14.6. The Balaban J connectivity index is 1.80. The number of sulfonamides is 1. The van der Waals surface area contributed by atoms with E-state index in [-0.39, 0.29) is 16.9 Å². The maximum absolute atomic E-state index is 12.3. The molecule has 0 spiro atoms. The van der Waals surface area contributed by atoms with Gasteiger partial charge in [-0.15, -0.1) is 0 Å². The maximum atomic E-state index is 12.3. The van der Waals surface area contributed by atoms with Crippen LogP contribution in [0.15, 0.2) is 29.2 Å². The summed E-state index contributed by atoms with van der Waals surface area (Å²) in [4.78, 5) is 11.9. The number of amides is 1. The molecule has 1 aromatic rings. The molecule has 0 aliphatic carbocycles. The minimum Gasteiger partial charge on any atom is -0.377 e. The summed E-state index contributed by atoms with van der Waals surface area (Å²) in [5.41, 5.74) is 0.861. The van der Waals surface area contributed by atoms with Crippen LogP contribution in [-0.2, 0) is 26.1 Å². The van der Waals surface area contributed by atoms with Crippen LogP contribution in [0.1, 0.15) is 31.2 Å². The Bertz CT molecular complexity index is 640. The van der Waals surface area contributed by atoms with Crippen LogP contribution in [0, 0.1) is 0 Å². The van der Waals surface area contributed by atoms with Crippen LogP contribution in [0.2, 0.25) is 0 Å². The number of hydrogen-bond acceptors (Lipinski definition) is 5. The summed E-state index contributed by atoms with van der Waals surface area (Å²) >= 11 is 0. The van der Waals surface area contributed by atoms with Crippen LogP contribution in [0.4, 0.5) is 0 Å². The lowest BCUT2D eigenvalue weighted by atomic mass is 10.2. The monoisotopic (exact) mass is 369 g/mol. The van der Waals surface area contributed by atoms with Crippen LogP contribution < -0.4 is 15.4 Å². The minimum absolute atomic E-state index is 0.00909. The van der Waals surface area contributed by atoms with Crippen LogP contribution in [0.25, 0.3) is 0 Å². The van der Waals surface area contributed by atoms with Crippen molar-refractivity contribution in [3.63, 3.8) is 0 Å². The molecule has 25 heavy (non-hydrogen) atoms. The molecule has 1 fully saturated rings. The third kappa shape index (κ3) is 6.74. The van der Waals surface area contributed by atoms with Crippen molar-refractivity contribution in [1.29, 1.82) is 0 Å². The molecule has 8 heteroatoms. The first-order valence-corrected chi connectivity index (χ1v) is 10.1. The van der Waals surface area contributed by atoms with E-state index in [9.17, 15) is 13.2 Å². The van der Waals surface area contributed by atoms with E-state index in [4.69, 9.17) is 4.74 Å². The molecule has 2 rings (SSSR count). The van der Waals surface area contributed by atoms with Gasteiger partial charge in [-0.1, -0.05) is 12.1 Å². The van der Waals surface area contributed by atoms with E-state index >= 15 is 0 Å². The van der Waals surface area contributed by atoms with Crippen molar-refractivity contribution in [2.24, 2.45) is 0 Å². The molecule has 1 amide bonds. The zero-order chi connectivity index (χ0) is 18.1. The van der Waals surface area contributed by atoms with Gasteiger partial charge in [0.15, 0.2) is 0 Å². The SMILES string of the molecule is CNCCCC(=O)NCc1ccc(S(=O)(=O)NCC2CCCO2)cc1. The third-order valence-electron chi connectivity index (χ3n) is 4.08. The summed E-state index contributed by atoms with van der Waals surface area (Å²) in [7, 11) is -1.68. The lowest BCUT2D eigenvalue weighted by molar-refractivity contribution is -0.121. The first-order chi connectivity index (χ1) is 12.0. The van der Waals surface area contributed by atoms with E-state index in [2.05, 4.69) is 15.4 Å². The molecule has 0 bridgehead atoms. The number of rotatable bonds is 10. The first kappa shape index (κ1) is 19.8. The lowest BCUT2D eigenvalue weighted by Gasteiger charge is -2.12. The standard InChI is InChI=1S/C17H27N3O4S/c1-18-10-2-5-17(21)19-12-14-6-8-16(9-7-14)25(22,23)20-13-15-4-3-11-24-15/h6-9,15,18,20H,2-5,10-13H2,1H3,(H,19,21). The van der Waals surface area contributed by atoms with Crippen molar-refractivity contribution in [1.82, 2.24) is 15.4 Å². The van der Waals surface area contributed by atoms with Gasteiger partial charge in [0, 0.05) is 26.1 Å². The molecule has 0 saturated carbocycles. The van der Waals surface area contributed by atoms with E-state index in [1.54, 1.807) is 24.3 Å². The summed E-state index contributed by atoms with van der Waals surface area (Å²) in [6.45, 7) is 2.19. The van der Waals surface area contributed by atoms with Gasteiger partial charge >= 0.3 is 0 Å². The average molecular weight is 369 g/mol. The van der Waals surface area contributed by atoms with Crippen LogP contribution in [0.5, 0.6) is 0 Å². The zero-order valence-corrected chi connectivity index (χ0v) is 15.4. The average Bonchev–Trinajstić information content (AvgIpc) is 3.12. The Morgan fingerprint density at radius 2 is 2.04 bits per heavy atom. The quantitative estimate of drug-likeness (QED) is 0.529. The molecule has 1 saturated heterocycles. The molecular weight excluding hydrogens is 342 g/mol. The molecule has 0 aromatic heterocycles. The van der Waals surface area contributed by atoms with E-state index < -0.39 is 10.0 Å². The van der Waals surface area contributed by atoms with E-state index in [1.165, 1.54) is 0 Å². The van der Waals surface area contributed by atoms with Gasteiger partial charge in [0.05, 0.1) is 11.0 Å². The van der Waals surface area contributed by atoms with Crippen molar-refractivity contribution >= 4 is 15.9 Å². The van der Waals surface area contributed by atoms with Crippen LogP contribution in [-0.4, -0.2) is 47.2 Å². The topological polar surface area (TPSA) is 96.5 Å². The lowest BCUT2D eigenvalue weighted by Crippen LogP contribution is -2.31. The molecule has 1 aliphatic rings. The molecule has 0 radical (unpaired) electrons. The molecule has 1 aliphatic heterocycles. The van der Waals surface area contributed by atoms with Crippen molar-refractivity contribution in [2.75, 3.05) is 26.7 Å². The summed E-state index contributed by atoms with van der Waals surface area (Å²) < 4.78 is 32.6. The number of nitrogens with one attached hydrogen (secondary N) is 3. The molecular formula is C17H27N3O4S. The highest BCUT2D eigenvalue weighted by molar-refractivity contribution is 7.89. The normalized spacial score (nSPS) is 17.6. The number of benzene rings is 1. The molecule has 140 valence electrons. The molecule has 3 N–H and O–H groups in total. The Morgan fingerprint density at radius 3 is 2.68 bits per heavy atom. The van der Waals surface area contributed by atoms with Gasteiger partial charge in [0.2, 0.25) is 15.9 Å². The first-order valence-electron chi connectivity index (χ1n) is 8.63. The van der Waals surface area contributed by atoms with Crippen molar-refractivity contribution in [3.8, 4) is 0 Å². The second-order valence-electron chi connectivity index (χ2n) is 6.11. The fourth-order valence-electron chi connectivity index (χ4n) is 2.59. The summed E-state index contributed by atoms with van der Waals surface area (Å²) in [6.07, 6.45) is 3.08. The molecule has 1 unspecified atom stereocenters. The second kappa shape index (κ2) is 9.86. The minimum atomic E-state index is -3.54. The van der Waals surface area contributed by atoms with Crippen LogP contribution >= 0.6 is 0 Å². The molecule has 1 heterocycles. The van der Waals surface area contributed by atoms with Gasteiger partial charge in [-0.05, 0) is 50.6 Å². The third-order valence-corrected chi connectivity index (χ3v) is 5.52. The van der Waals surface area contributed by atoms with E-state index in [0.29, 0.717) is 26.1 Å². The predicted molar refractivity (Wildman–Crippen MR) is 95.6 cm³/mol. The van der Waals surface area contributed by atoms with Crippen molar-refractivity contribution in [3.05, 3.63) is 29.8 Å². The number of carbonyl (C=O) groups excluding carboxylic acids is 1. The van der Waals surface area contributed by atoms with Crippen molar-refractivity contribution < 1.29 is 17.9 Å². The van der Waals surface area contributed by atoms with Gasteiger partial charge in [-0.3, -0.25) is 4.79 Å².